The molecule has 3 aromatic carbocycles. The van der Waals surface area contributed by atoms with Gasteiger partial charge in [0, 0.05) is 16.9 Å². The summed E-state index contributed by atoms with van der Waals surface area (Å²) in [6.45, 7) is 0. The summed E-state index contributed by atoms with van der Waals surface area (Å²) in [6.07, 6.45) is 4.15. The summed E-state index contributed by atoms with van der Waals surface area (Å²) >= 11 is 0. The predicted molar refractivity (Wildman–Crippen MR) is 116 cm³/mol. The van der Waals surface area contributed by atoms with Gasteiger partial charge in [-0.05, 0) is 60.7 Å². The van der Waals surface area contributed by atoms with E-state index in [2.05, 4.69) is 22.5 Å². The highest BCUT2D eigenvalue weighted by Gasteiger charge is 2.34. The molecule has 1 nitrogen and oxygen atoms in total. The van der Waals surface area contributed by atoms with Gasteiger partial charge in [-0.25, -0.2) is 13.2 Å². The molecule has 0 spiro atoms. The highest BCUT2D eigenvalue weighted by atomic mass is 19.4. The van der Waals surface area contributed by atoms with E-state index in [4.69, 9.17) is 6.42 Å². The van der Waals surface area contributed by atoms with Crippen molar-refractivity contribution in [3.63, 3.8) is 0 Å². The van der Waals surface area contributed by atoms with E-state index >= 15 is 4.39 Å². The summed E-state index contributed by atoms with van der Waals surface area (Å²) in [5, 5.41) is 1.05. The molecule has 1 aliphatic rings. The van der Waals surface area contributed by atoms with Crippen LogP contribution >= 0.6 is 0 Å². The van der Waals surface area contributed by atoms with E-state index in [1.165, 1.54) is 6.07 Å². The lowest BCUT2D eigenvalue weighted by Gasteiger charge is -2.26. The highest BCUT2D eigenvalue weighted by molar-refractivity contribution is 5.85. The zero-order chi connectivity index (χ0) is 24.5. The van der Waals surface area contributed by atoms with Gasteiger partial charge in [-0.2, -0.15) is 0 Å². The number of halogens is 6. The zero-order valence-corrected chi connectivity index (χ0v) is 17.8. The van der Waals surface area contributed by atoms with Crippen molar-refractivity contribution in [2.75, 3.05) is 0 Å². The van der Waals surface area contributed by atoms with Crippen LogP contribution in [0.4, 0.5) is 26.3 Å². The number of hydrogen-bond acceptors (Lipinski definition) is 1. The maximum atomic E-state index is 15.0. The van der Waals surface area contributed by atoms with Crippen molar-refractivity contribution in [2.45, 2.75) is 38.0 Å². The van der Waals surface area contributed by atoms with Gasteiger partial charge in [-0.15, -0.1) is 25.5 Å². The third-order valence-electron chi connectivity index (χ3n) is 5.97. The Kier molecular flexibility index (Phi) is 6.48. The molecule has 3 aromatic rings. The number of benzene rings is 3. The lowest BCUT2D eigenvalue weighted by Crippen LogP contribution is -2.19. The zero-order valence-electron chi connectivity index (χ0n) is 17.8. The molecular formula is C27H18F6O. The van der Waals surface area contributed by atoms with E-state index in [-0.39, 0.29) is 11.1 Å². The van der Waals surface area contributed by atoms with Crippen LogP contribution in [0, 0.1) is 47.6 Å². The molecule has 0 N–H and O–H groups in total. The second kappa shape index (κ2) is 9.35. The minimum Gasteiger partial charge on any atom is -0.399 e. The molecule has 1 aliphatic carbocycles. The second-order valence-corrected chi connectivity index (χ2v) is 8.19. The molecule has 0 radical (unpaired) electrons. The summed E-state index contributed by atoms with van der Waals surface area (Å²) in [4.78, 5) is 0. The minimum absolute atomic E-state index is 0.00814. The fourth-order valence-electron chi connectivity index (χ4n) is 4.24. The quantitative estimate of drug-likeness (QED) is 0.278. The molecule has 1 saturated carbocycles. The number of rotatable bonds is 2. The molecule has 0 heterocycles. The Morgan fingerprint density at radius 2 is 1.53 bits per heavy atom. The van der Waals surface area contributed by atoms with Crippen LogP contribution < -0.4 is 4.74 Å². The number of alkyl halides is 3. The lowest BCUT2D eigenvalue weighted by atomic mass is 9.78. The molecule has 7 heteroatoms. The standard InChI is InChI=1S/C27H18F6O/c1-2-16-3-6-18(7-4-16)20-11-12-22-21(15-20)10-9-19(25(22)30)8-5-17-13-23(28)26(24(29)14-17)34-27(31,32)33/h1,9-16,18H,3-4,6-7H2. The molecule has 34 heavy (non-hydrogen) atoms. The molecule has 0 unspecified atom stereocenters. The molecule has 0 bridgehead atoms. The molecular weight excluding hydrogens is 454 g/mol. The van der Waals surface area contributed by atoms with E-state index in [1.807, 2.05) is 12.1 Å². The average Bonchev–Trinajstić information content (AvgIpc) is 2.80. The number of terminal acetylenes is 1. The van der Waals surface area contributed by atoms with Gasteiger partial charge in [0.2, 0.25) is 5.75 Å². The fraction of sp³-hybridized carbons (Fsp3) is 0.259. The normalized spacial score (nSPS) is 18.1. The summed E-state index contributed by atoms with van der Waals surface area (Å²) in [6, 6.07) is 9.86. The van der Waals surface area contributed by atoms with Gasteiger partial charge >= 0.3 is 6.36 Å². The third kappa shape index (κ3) is 5.15. The van der Waals surface area contributed by atoms with Crippen molar-refractivity contribution < 1.29 is 31.1 Å². The first-order valence-corrected chi connectivity index (χ1v) is 10.6. The third-order valence-corrected chi connectivity index (χ3v) is 5.97. The van der Waals surface area contributed by atoms with Crippen molar-refractivity contribution >= 4 is 10.8 Å². The van der Waals surface area contributed by atoms with Crippen LogP contribution in [0.1, 0.15) is 48.3 Å². The van der Waals surface area contributed by atoms with Crippen LogP contribution in [0.5, 0.6) is 5.75 Å². The molecule has 0 saturated heterocycles. The van der Waals surface area contributed by atoms with Crippen LogP contribution in [-0.2, 0) is 0 Å². The van der Waals surface area contributed by atoms with Gasteiger partial charge in [-0.1, -0.05) is 36.1 Å². The first kappa shape index (κ1) is 23.6. The van der Waals surface area contributed by atoms with Crippen LogP contribution in [-0.4, -0.2) is 6.36 Å². The molecule has 1 fully saturated rings. The van der Waals surface area contributed by atoms with Crippen molar-refractivity contribution in [3.05, 3.63) is 76.6 Å². The number of ether oxygens (including phenoxy) is 1. The van der Waals surface area contributed by atoms with E-state index in [0.717, 1.165) is 31.2 Å². The lowest BCUT2D eigenvalue weighted by molar-refractivity contribution is -0.276. The van der Waals surface area contributed by atoms with E-state index < -0.39 is 29.6 Å². The smallest absolute Gasteiger partial charge is 0.399 e. The van der Waals surface area contributed by atoms with Crippen molar-refractivity contribution in [2.24, 2.45) is 5.92 Å². The second-order valence-electron chi connectivity index (χ2n) is 8.19. The Bertz CT molecular complexity index is 1310. The Morgan fingerprint density at radius 3 is 2.15 bits per heavy atom. The number of fused-ring (bicyclic) bond motifs is 1. The van der Waals surface area contributed by atoms with Crippen LogP contribution in [0.2, 0.25) is 0 Å². The predicted octanol–water partition coefficient (Wildman–Crippen LogP) is 7.46. The molecule has 0 aliphatic heterocycles. The first-order chi connectivity index (χ1) is 16.1. The first-order valence-electron chi connectivity index (χ1n) is 10.6. The molecule has 0 amide bonds. The SMILES string of the molecule is C#CC1CCC(c2ccc3c(F)c(C#Cc4cc(F)c(OC(F)(F)F)c(F)c4)ccc3c2)CC1. The van der Waals surface area contributed by atoms with Gasteiger partial charge in [0.25, 0.3) is 0 Å². The highest BCUT2D eigenvalue weighted by Crippen LogP contribution is 2.37. The maximum Gasteiger partial charge on any atom is 0.573 e. The van der Waals surface area contributed by atoms with Gasteiger partial charge in [0.15, 0.2) is 11.6 Å². The largest absolute Gasteiger partial charge is 0.573 e. The van der Waals surface area contributed by atoms with Crippen LogP contribution in [0.25, 0.3) is 10.8 Å². The van der Waals surface area contributed by atoms with Crippen molar-refractivity contribution in [3.8, 4) is 29.9 Å². The van der Waals surface area contributed by atoms with E-state index in [9.17, 15) is 22.0 Å². The Labute approximate surface area is 192 Å². The summed E-state index contributed by atoms with van der Waals surface area (Å²) in [5.74, 6) is 3.07. The van der Waals surface area contributed by atoms with Gasteiger partial charge in [0.05, 0.1) is 5.56 Å². The minimum atomic E-state index is -5.25. The number of hydrogen-bond donors (Lipinski definition) is 0. The van der Waals surface area contributed by atoms with Crippen molar-refractivity contribution in [1.29, 1.82) is 0 Å². The average molecular weight is 472 g/mol. The van der Waals surface area contributed by atoms with E-state index in [0.29, 0.717) is 34.7 Å². The maximum absolute atomic E-state index is 15.0. The van der Waals surface area contributed by atoms with Crippen molar-refractivity contribution in [1.82, 2.24) is 0 Å². The summed E-state index contributed by atoms with van der Waals surface area (Å²) < 4.78 is 82.9. The topological polar surface area (TPSA) is 9.23 Å². The van der Waals surface area contributed by atoms with Crippen LogP contribution in [0.15, 0.2) is 42.5 Å². The monoisotopic (exact) mass is 472 g/mol. The van der Waals surface area contributed by atoms with Gasteiger partial charge < -0.3 is 4.74 Å². The molecule has 4 rings (SSSR count). The Balaban J connectivity index is 1.59. The van der Waals surface area contributed by atoms with E-state index in [1.54, 1.807) is 12.1 Å². The fourth-order valence-corrected chi connectivity index (χ4v) is 4.24. The molecule has 0 atom stereocenters. The van der Waals surface area contributed by atoms with Gasteiger partial charge in [0.1, 0.15) is 5.82 Å². The summed E-state index contributed by atoms with van der Waals surface area (Å²) in [5.41, 5.74) is 0.849. The Morgan fingerprint density at radius 1 is 0.853 bits per heavy atom. The molecule has 174 valence electrons. The van der Waals surface area contributed by atoms with Crippen LogP contribution in [0.3, 0.4) is 0 Å². The van der Waals surface area contributed by atoms with Gasteiger partial charge in [-0.3, -0.25) is 0 Å². The molecule has 0 aromatic heterocycles. The Hall–Kier alpha value is -3.58. The summed E-state index contributed by atoms with van der Waals surface area (Å²) in [7, 11) is 0.